The van der Waals surface area contributed by atoms with Crippen molar-refractivity contribution in [2.24, 2.45) is 0 Å². The quantitative estimate of drug-likeness (QED) is 0.789. The van der Waals surface area contributed by atoms with E-state index < -0.39 is 0 Å². The first-order chi connectivity index (χ1) is 9.24. The van der Waals surface area contributed by atoms with Crippen LogP contribution in [0.5, 0.6) is 5.75 Å². The topological polar surface area (TPSA) is 73.8 Å². The lowest BCUT2D eigenvalue weighted by atomic mass is 9.87. The van der Waals surface area contributed by atoms with Gasteiger partial charge in [-0.3, -0.25) is 5.10 Å². The Bertz CT molecular complexity index is 553. The number of phenols is 1. The van der Waals surface area contributed by atoms with E-state index in [-0.39, 0.29) is 12.1 Å². The predicted octanol–water partition coefficient (Wildman–Crippen LogP) is 2.24. The number of benzene rings is 1. The molecular formula is C14H18N4O. The van der Waals surface area contributed by atoms with E-state index in [0.717, 1.165) is 18.7 Å². The molecule has 19 heavy (non-hydrogen) atoms. The van der Waals surface area contributed by atoms with E-state index in [9.17, 15) is 5.11 Å². The number of nitrogens with zero attached hydrogens (tertiary/aromatic N) is 2. The van der Waals surface area contributed by atoms with Crippen molar-refractivity contribution in [1.82, 2.24) is 20.5 Å². The molecule has 1 heterocycles. The van der Waals surface area contributed by atoms with Gasteiger partial charge in [-0.15, -0.1) is 0 Å². The van der Waals surface area contributed by atoms with Gasteiger partial charge in [0.05, 0.1) is 6.04 Å². The molecule has 0 aliphatic heterocycles. The number of H-pyrrole nitrogens is 1. The maximum absolute atomic E-state index is 9.67. The summed E-state index contributed by atoms with van der Waals surface area (Å²) in [6.45, 7) is 2.07. The van der Waals surface area contributed by atoms with Crippen molar-refractivity contribution in [2.75, 3.05) is 0 Å². The first-order valence-corrected chi connectivity index (χ1v) is 6.67. The van der Waals surface area contributed by atoms with Crippen molar-refractivity contribution in [3.05, 3.63) is 41.5 Å². The van der Waals surface area contributed by atoms with Crippen molar-refractivity contribution >= 4 is 0 Å². The predicted molar refractivity (Wildman–Crippen MR) is 71.7 cm³/mol. The molecule has 1 aromatic heterocycles. The van der Waals surface area contributed by atoms with Crippen LogP contribution in [0.3, 0.4) is 0 Å². The third-order valence-electron chi connectivity index (χ3n) is 3.74. The normalized spacial score (nSPS) is 19.9. The fourth-order valence-electron chi connectivity index (χ4n) is 2.76. The van der Waals surface area contributed by atoms with Crippen LogP contribution >= 0.6 is 0 Å². The number of aromatic hydroxyl groups is 1. The molecule has 0 amide bonds. The zero-order chi connectivity index (χ0) is 13.2. The van der Waals surface area contributed by atoms with Crippen LogP contribution in [-0.4, -0.2) is 20.3 Å². The summed E-state index contributed by atoms with van der Waals surface area (Å²) in [7, 11) is 0. The molecule has 0 saturated carbocycles. The molecule has 5 heteroatoms. The largest absolute Gasteiger partial charge is 0.508 e. The summed E-state index contributed by atoms with van der Waals surface area (Å²) in [4.78, 5) is 4.18. The SMILES string of the molecule is CC(NC1CCCc2ccc(O)cc21)c1ncn[nH]1. The standard InChI is InChI=1S/C14H18N4O/c1-9(14-15-8-16-18-14)17-13-4-2-3-10-5-6-11(19)7-12(10)13/h5-9,13,17,19H,2-4H2,1H3,(H,15,16,18). The summed E-state index contributed by atoms with van der Waals surface area (Å²) in [6, 6.07) is 6.04. The van der Waals surface area contributed by atoms with Gasteiger partial charge in [-0.05, 0) is 49.4 Å². The van der Waals surface area contributed by atoms with Gasteiger partial charge >= 0.3 is 0 Å². The van der Waals surface area contributed by atoms with Crippen molar-refractivity contribution in [3.63, 3.8) is 0 Å². The third kappa shape index (κ3) is 2.46. The van der Waals surface area contributed by atoms with Crippen LogP contribution in [0.2, 0.25) is 0 Å². The monoisotopic (exact) mass is 258 g/mol. The molecule has 100 valence electrons. The van der Waals surface area contributed by atoms with Crippen LogP contribution in [0, 0.1) is 0 Å². The maximum atomic E-state index is 9.67. The number of hydrogen-bond acceptors (Lipinski definition) is 4. The molecule has 0 saturated heterocycles. The van der Waals surface area contributed by atoms with E-state index in [1.807, 2.05) is 12.1 Å². The van der Waals surface area contributed by atoms with E-state index in [1.54, 1.807) is 6.07 Å². The van der Waals surface area contributed by atoms with Crippen LogP contribution in [0.4, 0.5) is 0 Å². The average Bonchev–Trinajstić information content (AvgIpc) is 2.93. The highest BCUT2D eigenvalue weighted by Crippen LogP contribution is 2.33. The molecule has 0 fully saturated rings. The second-order valence-electron chi connectivity index (χ2n) is 5.09. The molecule has 0 bridgehead atoms. The van der Waals surface area contributed by atoms with Crippen LogP contribution < -0.4 is 5.32 Å². The van der Waals surface area contributed by atoms with Gasteiger partial charge in [-0.1, -0.05) is 6.07 Å². The maximum Gasteiger partial charge on any atom is 0.141 e. The molecule has 0 spiro atoms. The molecule has 2 unspecified atom stereocenters. The molecule has 1 aliphatic carbocycles. The molecule has 5 nitrogen and oxygen atoms in total. The van der Waals surface area contributed by atoms with Crippen LogP contribution in [0.15, 0.2) is 24.5 Å². The van der Waals surface area contributed by atoms with E-state index in [2.05, 4.69) is 27.4 Å². The van der Waals surface area contributed by atoms with E-state index in [1.165, 1.54) is 23.9 Å². The number of aromatic nitrogens is 3. The van der Waals surface area contributed by atoms with Gasteiger partial charge in [0, 0.05) is 6.04 Å². The van der Waals surface area contributed by atoms with Crippen molar-refractivity contribution < 1.29 is 5.11 Å². The van der Waals surface area contributed by atoms with E-state index in [0.29, 0.717) is 5.75 Å². The fraction of sp³-hybridized carbons (Fsp3) is 0.429. The lowest BCUT2D eigenvalue weighted by Gasteiger charge is -2.28. The lowest BCUT2D eigenvalue weighted by molar-refractivity contribution is 0.402. The number of aryl methyl sites for hydroxylation is 1. The molecule has 2 atom stereocenters. The highest BCUT2D eigenvalue weighted by Gasteiger charge is 2.23. The van der Waals surface area contributed by atoms with Gasteiger partial charge in [0.25, 0.3) is 0 Å². The van der Waals surface area contributed by atoms with Gasteiger partial charge in [0.2, 0.25) is 0 Å². The molecule has 1 aromatic carbocycles. The van der Waals surface area contributed by atoms with Gasteiger partial charge in [0.1, 0.15) is 17.9 Å². The first kappa shape index (κ1) is 12.2. The highest BCUT2D eigenvalue weighted by molar-refractivity contribution is 5.38. The second kappa shape index (κ2) is 5.01. The molecule has 2 aromatic rings. The molecule has 3 N–H and O–H groups in total. The Morgan fingerprint density at radius 2 is 2.37 bits per heavy atom. The molecular weight excluding hydrogens is 240 g/mol. The number of aromatic amines is 1. The van der Waals surface area contributed by atoms with Crippen molar-refractivity contribution in [2.45, 2.75) is 38.3 Å². The van der Waals surface area contributed by atoms with Gasteiger partial charge in [-0.25, -0.2) is 4.98 Å². The Morgan fingerprint density at radius 3 is 3.16 bits per heavy atom. The van der Waals surface area contributed by atoms with Crippen LogP contribution in [0.25, 0.3) is 0 Å². The van der Waals surface area contributed by atoms with Gasteiger partial charge in [0.15, 0.2) is 0 Å². The third-order valence-corrected chi connectivity index (χ3v) is 3.74. The second-order valence-corrected chi connectivity index (χ2v) is 5.09. The van der Waals surface area contributed by atoms with Gasteiger partial charge in [-0.2, -0.15) is 5.10 Å². The number of hydrogen-bond donors (Lipinski definition) is 3. The minimum atomic E-state index is 0.112. The minimum absolute atomic E-state index is 0.112. The summed E-state index contributed by atoms with van der Waals surface area (Å²) in [5.41, 5.74) is 2.53. The summed E-state index contributed by atoms with van der Waals surface area (Å²) in [5.74, 6) is 1.17. The molecule has 3 rings (SSSR count). The Labute approximate surface area is 112 Å². The molecule has 0 radical (unpaired) electrons. The zero-order valence-corrected chi connectivity index (χ0v) is 10.9. The number of nitrogens with one attached hydrogen (secondary N) is 2. The van der Waals surface area contributed by atoms with Gasteiger partial charge < -0.3 is 10.4 Å². The van der Waals surface area contributed by atoms with Crippen LogP contribution in [0.1, 0.15) is 48.8 Å². The van der Waals surface area contributed by atoms with Crippen molar-refractivity contribution in [1.29, 1.82) is 0 Å². The lowest BCUT2D eigenvalue weighted by Crippen LogP contribution is -2.28. The Balaban J connectivity index is 1.81. The fourth-order valence-corrected chi connectivity index (χ4v) is 2.76. The number of rotatable bonds is 3. The number of phenolic OH excluding ortho intramolecular Hbond substituents is 1. The smallest absolute Gasteiger partial charge is 0.141 e. The first-order valence-electron chi connectivity index (χ1n) is 6.67. The summed E-state index contributed by atoms with van der Waals surface area (Å²) >= 11 is 0. The van der Waals surface area contributed by atoms with Crippen molar-refractivity contribution in [3.8, 4) is 5.75 Å². The highest BCUT2D eigenvalue weighted by atomic mass is 16.3. The Hall–Kier alpha value is -1.88. The summed E-state index contributed by atoms with van der Waals surface area (Å²) in [6.07, 6.45) is 4.85. The Kier molecular flexibility index (Phi) is 3.21. The summed E-state index contributed by atoms with van der Waals surface area (Å²) in [5, 5.41) is 20.0. The van der Waals surface area contributed by atoms with E-state index >= 15 is 0 Å². The Morgan fingerprint density at radius 1 is 1.47 bits per heavy atom. The van der Waals surface area contributed by atoms with E-state index in [4.69, 9.17) is 0 Å². The average molecular weight is 258 g/mol. The summed E-state index contributed by atoms with van der Waals surface area (Å²) < 4.78 is 0. The number of fused-ring (bicyclic) bond motifs is 1. The minimum Gasteiger partial charge on any atom is -0.508 e. The van der Waals surface area contributed by atoms with Crippen LogP contribution in [-0.2, 0) is 6.42 Å². The zero-order valence-electron chi connectivity index (χ0n) is 10.9. The molecule has 1 aliphatic rings.